The fourth-order valence-electron chi connectivity index (χ4n) is 2.93. The summed E-state index contributed by atoms with van der Waals surface area (Å²) in [5, 5.41) is 6.21. The lowest BCUT2D eigenvalue weighted by Gasteiger charge is -2.31. The van der Waals surface area contributed by atoms with E-state index in [-0.39, 0.29) is 5.91 Å². The highest BCUT2D eigenvalue weighted by molar-refractivity contribution is 5.94. The second kappa shape index (κ2) is 7.46. The average molecular weight is 289 g/mol. The standard InChI is InChI=1S/C17H27N3O/c1-4-20-9-7-14(8-10-20)12-19-17(21)15-5-6-16(18-3)13(2)11-15/h5-6,11,14,18H,4,7-10,12H2,1-3H3,(H,19,21). The summed E-state index contributed by atoms with van der Waals surface area (Å²) in [7, 11) is 1.89. The number of likely N-dealkylation sites (tertiary alicyclic amines) is 1. The number of nitrogens with zero attached hydrogens (tertiary/aromatic N) is 1. The molecule has 21 heavy (non-hydrogen) atoms. The minimum atomic E-state index is 0.0404. The molecule has 0 radical (unpaired) electrons. The molecule has 0 aliphatic carbocycles. The largest absolute Gasteiger partial charge is 0.388 e. The quantitative estimate of drug-likeness (QED) is 0.875. The van der Waals surface area contributed by atoms with Crippen LogP contribution in [0.4, 0.5) is 5.69 Å². The summed E-state index contributed by atoms with van der Waals surface area (Å²) in [4.78, 5) is 14.7. The van der Waals surface area contributed by atoms with Crippen LogP contribution in [-0.2, 0) is 0 Å². The Bertz CT molecular complexity index is 479. The van der Waals surface area contributed by atoms with E-state index in [1.807, 2.05) is 32.2 Å². The zero-order chi connectivity index (χ0) is 15.2. The molecule has 2 N–H and O–H groups in total. The number of hydrogen-bond donors (Lipinski definition) is 2. The number of anilines is 1. The summed E-state index contributed by atoms with van der Waals surface area (Å²) < 4.78 is 0. The van der Waals surface area contributed by atoms with Gasteiger partial charge in [-0.15, -0.1) is 0 Å². The molecule has 1 heterocycles. The van der Waals surface area contributed by atoms with E-state index in [0.717, 1.165) is 43.0 Å². The number of aryl methyl sites for hydroxylation is 1. The molecule has 0 spiro atoms. The van der Waals surface area contributed by atoms with Gasteiger partial charge in [-0.05, 0) is 69.1 Å². The molecule has 0 bridgehead atoms. The molecule has 4 heteroatoms. The van der Waals surface area contributed by atoms with Crippen LogP contribution in [0.15, 0.2) is 18.2 Å². The number of carbonyl (C=O) groups excluding carboxylic acids is 1. The van der Waals surface area contributed by atoms with Crippen molar-refractivity contribution in [3.05, 3.63) is 29.3 Å². The lowest BCUT2D eigenvalue weighted by Crippen LogP contribution is -2.38. The van der Waals surface area contributed by atoms with Crippen molar-refractivity contribution in [3.8, 4) is 0 Å². The molecule has 1 saturated heterocycles. The predicted octanol–water partition coefficient (Wildman–Crippen LogP) is 2.50. The maximum atomic E-state index is 12.2. The number of hydrogen-bond acceptors (Lipinski definition) is 3. The number of rotatable bonds is 5. The minimum absolute atomic E-state index is 0.0404. The zero-order valence-corrected chi connectivity index (χ0v) is 13.4. The van der Waals surface area contributed by atoms with Gasteiger partial charge < -0.3 is 15.5 Å². The van der Waals surface area contributed by atoms with Gasteiger partial charge in [-0.1, -0.05) is 6.92 Å². The van der Waals surface area contributed by atoms with Crippen molar-refractivity contribution in [2.75, 3.05) is 38.5 Å². The maximum Gasteiger partial charge on any atom is 0.251 e. The molecule has 0 aromatic heterocycles. The highest BCUT2D eigenvalue weighted by Gasteiger charge is 2.18. The molecule has 116 valence electrons. The van der Waals surface area contributed by atoms with Crippen molar-refractivity contribution in [1.29, 1.82) is 0 Å². The fraction of sp³-hybridized carbons (Fsp3) is 0.588. The van der Waals surface area contributed by atoms with Crippen LogP contribution >= 0.6 is 0 Å². The van der Waals surface area contributed by atoms with Gasteiger partial charge in [-0.25, -0.2) is 0 Å². The molecule has 2 rings (SSSR count). The Morgan fingerprint density at radius 2 is 2.05 bits per heavy atom. The molecule has 1 aliphatic heterocycles. The molecule has 0 saturated carbocycles. The molecule has 0 unspecified atom stereocenters. The first-order valence-corrected chi connectivity index (χ1v) is 7.93. The summed E-state index contributed by atoms with van der Waals surface area (Å²) >= 11 is 0. The Labute approximate surface area is 127 Å². The summed E-state index contributed by atoms with van der Waals surface area (Å²) in [6.45, 7) is 8.47. The number of piperidine rings is 1. The molecule has 4 nitrogen and oxygen atoms in total. The first-order chi connectivity index (χ1) is 10.1. The second-order valence-corrected chi connectivity index (χ2v) is 5.87. The van der Waals surface area contributed by atoms with E-state index in [2.05, 4.69) is 22.5 Å². The van der Waals surface area contributed by atoms with Crippen LogP contribution in [0.3, 0.4) is 0 Å². The van der Waals surface area contributed by atoms with Gasteiger partial charge in [-0.3, -0.25) is 4.79 Å². The maximum absolute atomic E-state index is 12.2. The number of nitrogens with one attached hydrogen (secondary N) is 2. The van der Waals surface area contributed by atoms with Gasteiger partial charge in [-0.2, -0.15) is 0 Å². The lowest BCUT2D eigenvalue weighted by molar-refractivity contribution is 0.0937. The van der Waals surface area contributed by atoms with Crippen LogP contribution in [0.25, 0.3) is 0 Å². The first-order valence-electron chi connectivity index (χ1n) is 7.93. The summed E-state index contributed by atoms with van der Waals surface area (Å²) in [6.07, 6.45) is 2.37. The van der Waals surface area contributed by atoms with E-state index in [4.69, 9.17) is 0 Å². The monoisotopic (exact) mass is 289 g/mol. The van der Waals surface area contributed by atoms with Crippen LogP contribution in [0, 0.1) is 12.8 Å². The van der Waals surface area contributed by atoms with Crippen molar-refractivity contribution >= 4 is 11.6 Å². The van der Waals surface area contributed by atoms with Gasteiger partial charge in [0.15, 0.2) is 0 Å². The van der Waals surface area contributed by atoms with Crippen molar-refractivity contribution in [2.24, 2.45) is 5.92 Å². The third-order valence-corrected chi connectivity index (χ3v) is 4.46. The highest BCUT2D eigenvalue weighted by atomic mass is 16.1. The van der Waals surface area contributed by atoms with Crippen LogP contribution in [0.1, 0.15) is 35.7 Å². The van der Waals surface area contributed by atoms with Crippen molar-refractivity contribution in [2.45, 2.75) is 26.7 Å². The van der Waals surface area contributed by atoms with Gasteiger partial charge in [0, 0.05) is 24.8 Å². The van der Waals surface area contributed by atoms with E-state index in [1.165, 1.54) is 12.8 Å². The van der Waals surface area contributed by atoms with Gasteiger partial charge in [0.2, 0.25) is 0 Å². The van der Waals surface area contributed by atoms with E-state index >= 15 is 0 Å². The van der Waals surface area contributed by atoms with Crippen LogP contribution < -0.4 is 10.6 Å². The number of carbonyl (C=O) groups is 1. The van der Waals surface area contributed by atoms with Crippen LogP contribution in [0.2, 0.25) is 0 Å². The molecule has 0 atom stereocenters. The molecule has 1 amide bonds. The molecular formula is C17H27N3O. The van der Waals surface area contributed by atoms with E-state index in [1.54, 1.807) is 0 Å². The SMILES string of the molecule is CCN1CCC(CNC(=O)c2ccc(NC)c(C)c2)CC1. The fourth-order valence-corrected chi connectivity index (χ4v) is 2.93. The smallest absolute Gasteiger partial charge is 0.251 e. The van der Waals surface area contributed by atoms with E-state index in [9.17, 15) is 4.79 Å². The Morgan fingerprint density at radius 3 is 2.62 bits per heavy atom. The molecule has 1 fully saturated rings. The first kappa shape index (κ1) is 15.8. The van der Waals surface area contributed by atoms with E-state index in [0.29, 0.717) is 5.92 Å². The second-order valence-electron chi connectivity index (χ2n) is 5.87. The summed E-state index contributed by atoms with van der Waals surface area (Å²) in [5.74, 6) is 0.660. The van der Waals surface area contributed by atoms with Crippen molar-refractivity contribution in [3.63, 3.8) is 0 Å². The third kappa shape index (κ3) is 4.21. The number of benzene rings is 1. The molecule has 1 aliphatic rings. The lowest BCUT2D eigenvalue weighted by atomic mass is 9.96. The van der Waals surface area contributed by atoms with Crippen LogP contribution in [0.5, 0.6) is 0 Å². The Kier molecular flexibility index (Phi) is 5.62. The van der Waals surface area contributed by atoms with E-state index < -0.39 is 0 Å². The zero-order valence-electron chi connectivity index (χ0n) is 13.4. The topological polar surface area (TPSA) is 44.4 Å². The predicted molar refractivity (Wildman–Crippen MR) is 87.9 cm³/mol. The Balaban J connectivity index is 1.83. The van der Waals surface area contributed by atoms with Crippen LogP contribution in [-0.4, -0.2) is 44.0 Å². The Hall–Kier alpha value is -1.55. The molecular weight excluding hydrogens is 262 g/mol. The van der Waals surface area contributed by atoms with Gasteiger partial charge in [0.05, 0.1) is 0 Å². The van der Waals surface area contributed by atoms with Gasteiger partial charge >= 0.3 is 0 Å². The highest BCUT2D eigenvalue weighted by Crippen LogP contribution is 2.17. The number of amides is 1. The van der Waals surface area contributed by atoms with Gasteiger partial charge in [0.25, 0.3) is 5.91 Å². The third-order valence-electron chi connectivity index (χ3n) is 4.46. The molecule has 1 aromatic rings. The van der Waals surface area contributed by atoms with Crippen molar-refractivity contribution in [1.82, 2.24) is 10.2 Å². The van der Waals surface area contributed by atoms with Crippen molar-refractivity contribution < 1.29 is 4.79 Å². The average Bonchev–Trinajstić information content (AvgIpc) is 2.53. The normalized spacial score (nSPS) is 16.7. The summed E-state index contributed by atoms with van der Waals surface area (Å²) in [6, 6.07) is 5.79. The molecule has 1 aromatic carbocycles. The Morgan fingerprint density at radius 1 is 1.33 bits per heavy atom. The summed E-state index contributed by atoms with van der Waals surface area (Å²) in [5.41, 5.74) is 2.91. The minimum Gasteiger partial charge on any atom is -0.388 e. The van der Waals surface area contributed by atoms with Gasteiger partial charge in [0.1, 0.15) is 0 Å².